The number of carbonyl (C=O) groups is 1. The standard InChI is InChI=1S/C29H24N6O/c1-20-31-27(19-28(32-20)35-26-9-5-6-18-30-26)33-24-14-16-25(17-15-24)34-29(36)23-12-10-22(11-13-23)21-7-3-2-4-8-21/h2-19H,1H3,(H,34,36)(H2,30,31,32,33,35). The van der Waals surface area contributed by atoms with Gasteiger partial charge in [-0.05, 0) is 66.6 Å². The highest BCUT2D eigenvalue weighted by molar-refractivity contribution is 6.04. The molecule has 0 aliphatic carbocycles. The van der Waals surface area contributed by atoms with E-state index < -0.39 is 0 Å². The summed E-state index contributed by atoms with van der Waals surface area (Å²) < 4.78 is 0. The lowest BCUT2D eigenvalue weighted by molar-refractivity contribution is 0.102. The van der Waals surface area contributed by atoms with Gasteiger partial charge in [0.1, 0.15) is 23.3 Å². The van der Waals surface area contributed by atoms with Gasteiger partial charge in [-0.25, -0.2) is 15.0 Å². The first-order valence-electron chi connectivity index (χ1n) is 11.5. The molecule has 7 heteroatoms. The van der Waals surface area contributed by atoms with Gasteiger partial charge in [0.25, 0.3) is 5.91 Å². The van der Waals surface area contributed by atoms with Crippen molar-refractivity contribution in [1.29, 1.82) is 0 Å². The second-order valence-corrected chi connectivity index (χ2v) is 8.13. The smallest absolute Gasteiger partial charge is 0.255 e. The molecule has 3 aromatic carbocycles. The number of hydrogen-bond donors (Lipinski definition) is 3. The fourth-order valence-electron chi connectivity index (χ4n) is 3.70. The molecule has 0 unspecified atom stereocenters. The molecular weight excluding hydrogens is 448 g/mol. The van der Waals surface area contributed by atoms with E-state index in [1.54, 1.807) is 6.20 Å². The number of rotatable bonds is 7. The summed E-state index contributed by atoms with van der Waals surface area (Å²) in [5.41, 5.74) is 4.32. The van der Waals surface area contributed by atoms with E-state index in [-0.39, 0.29) is 5.91 Å². The summed E-state index contributed by atoms with van der Waals surface area (Å²) in [6.45, 7) is 1.83. The first-order chi connectivity index (χ1) is 17.6. The molecule has 2 heterocycles. The molecule has 0 spiro atoms. The quantitative estimate of drug-likeness (QED) is 0.248. The number of hydrogen-bond acceptors (Lipinski definition) is 6. The molecular formula is C29H24N6O. The molecule has 1 amide bonds. The molecule has 176 valence electrons. The zero-order valence-electron chi connectivity index (χ0n) is 19.6. The number of nitrogens with zero attached hydrogens (tertiary/aromatic N) is 3. The van der Waals surface area contributed by atoms with Gasteiger partial charge in [0.2, 0.25) is 0 Å². The van der Waals surface area contributed by atoms with Crippen molar-refractivity contribution in [2.75, 3.05) is 16.0 Å². The van der Waals surface area contributed by atoms with Gasteiger partial charge in [-0.2, -0.15) is 0 Å². The van der Waals surface area contributed by atoms with Crippen molar-refractivity contribution in [1.82, 2.24) is 15.0 Å². The van der Waals surface area contributed by atoms with Gasteiger partial charge in [0.05, 0.1) is 0 Å². The maximum absolute atomic E-state index is 12.7. The summed E-state index contributed by atoms with van der Waals surface area (Å²) in [6, 6.07) is 32.6. The molecule has 0 aliphatic rings. The maximum Gasteiger partial charge on any atom is 0.255 e. The molecule has 3 N–H and O–H groups in total. The van der Waals surface area contributed by atoms with Crippen molar-refractivity contribution in [2.24, 2.45) is 0 Å². The average molecular weight is 473 g/mol. The molecule has 0 radical (unpaired) electrons. The molecule has 36 heavy (non-hydrogen) atoms. The zero-order valence-corrected chi connectivity index (χ0v) is 19.6. The Labute approximate surface area is 209 Å². The summed E-state index contributed by atoms with van der Waals surface area (Å²) in [4.78, 5) is 25.8. The van der Waals surface area contributed by atoms with Crippen LogP contribution < -0.4 is 16.0 Å². The fraction of sp³-hybridized carbons (Fsp3) is 0.0345. The maximum atomic E-state index is 12.7. The van der Waals surface area contributed by atoms with E-state index in [9.17, 15) is 4.79 Å². The first kappa shape index (κ1) is 22.7. The summed E-state index contributed by atoms with van der Waals surface area (Å²) in [5, 5.41) is 9.41. The van der Waals surface area contributed by atoms with Gasteiger partial charge in [-0.3, -0.25) is 4.79 Å². The SMILES string of the molecule is Cc1nc(Nc2ccc(NC(=O)c3ccc(-c4ccccc4)cc3)cc2)cc(Nc2ccccn2)n1. The van der Waals surface area contributed by atoms with Crippen molar-refractivity contribution >= 4 is 34.7 Å². The highest BCUT2D eigenvalue weighted by Gasteiger charge is 2.08. The third-order valence-electron chi connectivity index (χ3n) is 5.43. The average Bonchev–Trinajstić information content (AvgIpc) is 2.91. The van der Waals surface area contributed by atoms with Crippen molar-refractivity contribution < 1.29 is 4.79 Å². The summed E-state index contributed by atoms with van der Waals surface area (Å²) in [6.07, 6.45) is 1.72. The van der Waals surface area contributed by atoms with Gasteiger partial charge in [0, 0.05) is 29.2 Å². The Bertz CT molecular complexity index is 1450. The van der Waals surface area contributed by atoms with Crippen LogP contribution in [0.4, 0.5) is 28.8 Å². The van der Waals surface area contributed by atoms with Crippen LogP contribution in [0.3, 0.4) is 0 Å². The lowest BCUT2D eigenvalue weighted by Gasteiger charge is -2.11. The fourth-order valence-corrected chi connectivity index (χ4v) is 3.70. The molecule has 0 bridgehead atoms. The van der Waals surface area contributed by atoms with Crippen LogP contribution in [0.2, 0.25) is 0 Å². The third-order valence-corrected chi connectivity index (χ3v) is 5.43. The topological polar surface area (TPSA) is 91.8 Å². The lowest BCUT2D eigenvalue weighted by atomic mass is 10.0. The molecule has 7 nitrogen and oxygen atoms in total. The highest BCUT2D eigenvalue weighted by Crippen LogP contribution is 2.22. The first-order valence-corrected chi connectivity index (χ1v) is 11.5. The second-order valence-electron chi connectivity index (χ2n) is 8.13. The van der Waals surface area contributed by atoms with Crippen molar-refractivity contribution in [3.8, 4) is 11.1 Å². The van der Waals surface area contributed by atoms with Crippen LogP contribution in [-0.4, -0.2) is 20.9 Å². The van der Waals surface area contributed by atoms with Gasteiger partial charge in [-0.1, -0.05) is 48.5 Å². The number of nitrogens with one attached hydrogen (secondary N) is 3. The van der Waals surface area contributed by atoms with E-state index in [1.807, 2.05) is 110 Å². The number of amides is 1. The van der Waals surface area contributed by atoms with Gasteiger partial charge >= 0.3 is 0 Å². The minimum Gasteiger partial charge on any atom is -0.340 e. The minimum absolute atomic E-state index is 0.160. The number of carbonyl (C=O) groups excluding carboxylic acids is 1. The van der Waals surface area contributed by atoms with E-state index in [0.29, 0.717) is 34.5 Å². The minimum atomic E-state index is -0.160. The number of benzene rings is 3. The molecule has 0 saturated heterocycles. The van der Waals surface area contributed by atoms with Crippen LogP contribution in [0.5, 0.6) is 0 Å². The Morgan fingerprint density at radius 2 is 1.28 bits per heavy atom. The Kier molecular flexibility index (Phi) is 6.62. The predicted octanol–water partition coefficient (Wildman–Crippen LogP) is 6.59. The van der Waals surface area contributed by atoms with E-state index in [1.165, 1.54) is 0 Å². The molecule has 0 saturated carbocycles. The summed E-state index contributed by atoms with van der Waals surface area (Å²) >= 11 is 0. The largest absolute Gasteiger partial charge is 0.340 e. The van der Waals surface area contributed by atoms with Gasteiger partial charge in [0.15, 0.2) is 0 Å². The van der Waals surface area contributed by atoms with E-state index >= 15 is 0 Å². The van der Waals surface area contributed by atoms with Crippen molar-refractivity contribution in [3.05, 3.63) is 121 Å². The molecule has 0 atom stereocenters. The van der Waals surface area contributed by atoms with E-state index in [0.717, 1.165) is 16.8 Å². The van der Waals surface area contributed by atoms with E-state index in [2.05, 4.69) is 30.9 Å². The van der Waals surface area contributed by atoms with Crippen molar-refractivity contribution in [2.45, 2.75) is 6.92 Å². The lowest BCUT2D eigenvalue weighted by Crippen LogP contribution is -2.11. The highest BCUT2D eigenvalue weighted by atomic mass is 16.1. The Morgan fingerprint density at radius 3 is 1.97 bits per heavy atom. The number of aromatic nitrogens is 3. The predicted molar refractivity (Wildman–Crippen MR) is 144 cm³/mol. The Balaban J connectivity index is 1.22. The molecule has 2 aromatic heterocycles. The molecule has 0 aliphatic heterocycles. The normalized spacial score (nSPS) is 10.5. The second kappa shape index (κ2) is 10.5. The number of aryl methyl sites for hydroxylation is 1. The number of anilines is 5. The Hall–Kier alpha value is -5.04. The van der Waals surface area contributed by atoms with Gasteiger partial charge < -0.3 is 16.0 Å². The number of pyridine rings is 1. The van der Waals surface area contributed by atoms with Crippen LogP contribution in [0.1, 0.15) is 16.2 Å². The monoisotopic (exact) mass is 472 g/mol. The van der Waals surface area contributed by atoms with Crippen LogP contribution in [0.25, 0.3) is 11.1 Å². The van der Waals surface area contributed by atoms with Crippen LogP contribution in [-0.2, 0) is 0 Å². The Morgan fingerprint density at radius 1 is 0.639 bits per heavy atom. The zero-order chi connectivity index (χ0) is 24.7. The molecule has 0 fully saturated rings. The molecule has 5 aromatic rings. The van der Waals surface area contributed by atoms with Gasteiger partial charge in [-0.15, -0.1) is 0 Å². The van der Waals surface area contributed by atoms with Crippen LogP contribution >= 0.6 is 0 Å². The van der Waals surface area contributed by atoms with Crippen LogP contribution in [0.15, 0.2) is 109 Å². The molecule has 5 rings (SSSR count). The third kappa shape index (κ3) is 5.71. The van der Waals surface area contributed by atoms with E-state index in [4.69, 9.17) is 0 Å². The summed E-state index contributed by atoms with van der Waals surface area (Å²) in [5.74, 6) is 2.46. The van der Waals surface area contributed by atoms with Crippen LogP contribution in [0, 0.1) is 6.92 Å². The van der Waals surface area contributed by atoms with Crippen molar-refractivity contribution in [3.63, 3.8) is 0 Å². The summed E-state index contributed by atoms with van der Waals surface area (Å²) in [7, 11) is 0.